The Bertz CT molecular complexity index is 903. The standard InChI is InChI=1S/C23H28N4O3/c1-3-27(4-2)23(30)16-9-11-17(12-10-16)25-21(28)15-24-20-8-6-5-7-19(20)22(29)26-18-13-14-18/h5-12,18,24H,3-4,13-15H2,1-2H3,(H,25,28)(H,26,29). The van der Waals surface area contributed by atoms with E-state index in [0.29, 0.717) is 35.6 Å². The number of hydrogen-bond donors (Lipinski definition) is 3. The molecule has 7 heteroatoms. The van der Waals surface area contributed by atoms with Gasteiger partial charge >= 0.3 is 0 Å². The number of carbonyl (C=O) groups excluding carboxylic acids is 3. The van der Waals surface area contributed by atoms with E-state index in [0.717, 1.165) is 12.8 Å². The molecule has 2 aromatic carbocycles. The maximum atomic E-state index is 12.4. The number of carbonyl (C=O) groups is 3. The molecule has 0 atom stereocenters. The van der Waals surface area contributed by atoms with E-state index >= 15 is 0 Å². The minimum atomic E-state index is -0.241. The van der Waals surface area contributed by atoms with Gasteiger partial charge in [0.05, 0.1) is 12.1 Å². The first kappa shape index (κ1) is 21.4. The van der Waals surface area contributed by atoms with Gasteiger partial charge < -0.3 is 20.9 Å². The molecule has 7 nitrogen and oxygen atoms in total. The van der Waals surface area contributed by atoms with Crippen molar-refractivity contribution in [3.8, 4) is 0 Å². The molecule has 1 aliphatic rings. The van der Waals surface area contributed by atoms with Crippen LogP contribution in [-0.4, -0.2) is 48.3 Å². The molecule has 0 aliphatic heterocycles. The Balaban J connectivity index is 1.55. The first-order valence-corrected chi connectivity index (χ1v) is 10.3. The molecule has 1 fully saturated rings. The summed E-state index contributed by atoms with van der Waals surface area (Å²) in [6.45, 7) is 5.21. The van der Waals surface area contributed by atoms with Crippen LogP contribution in [-0.2, 0) is 4.79 Å². The van der Waals surface area contributed by atoms with Crippen molar-refractivity contribution in [3.05, 3.63) is 59.7 Å². The summed E-state index contributed by atoms with van der Waals surface area (Å²) >= 11 is 0. The van der Waals surface area contributed by atoms with Gasteiger partial charge in [0, 0.05) is 36.1 Å². The first-order valence-electron chi connectivity index (χ1n) is 10.3. The fourth-order valence-corrected chi connectivity index (χ4v) is 3.10. The molecule has 0 saturated heterocycles. The second-order valence-electron chi connectivity index (χ2n) is 7.25. The number of benzene rings is 2. The molecule has 1 aliphatic carbocycles. The minimum absolute atomic E-state index is 0.0217. The lowest BCUT2D eigenvalue weighted by molar-refractivity contribution is -0.114. The topological polar surface area (TPSA) is 90.5 Å². The van der Waals surface area contributed by atoms with Gasteiger partial charge in [0.2, 0.25) is 5.91 Å². The Labute approximate surface area is 176 Å². The van der Waals surface area contributed by atoms with Gasteiger partial charge in [-0.2, -0.15) is 0 Å². The average molecular weight is 409 g/mol. The Hall–Kier alpha value is -3.35. The molecule has 0 bridgehead atoms. The second kappa shape index (κ2) is 9.91. The summed E-state index contributed by atoms with van der Waals surface area (Å²) < 4.78 is 0. The van der Waals surface area contributed by atoms with Crippen LogP contribution in [0.2, 0.25) is 0 Å². The largest absolute Gasteiger partial charge is 0.376 e. The van der Waals surface area contributed by atoms with E-state index in [1.807, 2.05) is 19.9 Å². The molecule has 2 aromatic rings. The zero-order valence-electron chi connectivity index (χ0n) is 17.4. The molecular weight excluding hydrogens is 380 g/mol. The van der Waals surface area contributed by atoms with E-state index in [-0.39, 0.29) is 30.3 Å². The van der Waals surface area contributed by atoms with E-state index in [4.69, 9.17) is 0 Å². The number of para-hydroxylation sites is 1. The molecule has 0 unspecified atom stereocenters. The highest BCUT2D eigenvalue weighted by molar-refractivity contribution is 6.01. The highest BCUT2D eigenvalue weighted by atomic mass is 16.2. The molecular formula is C23H28N4O3. The molecule has 1 saturated carbocycles. The fraction of sp³-hybridized carbons (Fsp3) is 0.348. The Morgan fingerprint density at radius 1 is 0.967 bits per heavy atom. The Morgan fingerprint density at radius 3 is 2.27 bits per heavy atom. The molecule has 30 heavy (non-hydrogen) atoms. The highest BCUT2D eigenvalue weighted by Crippen LogP contribution is 2.21. The van der Waals surface area contributed by atoms with Crippen molar-refractivity contribution in [2.45, 2.75) is 32.7 Å². The van der Waals surface area contributed by atoms with Crippen LogP contribution in [0, 0.1) is 0 Å². The molecule has 158 valence electrons. The van der Waals surface area contributed by atoms with Crippen LogP contribution in [0.1, 0.15) is 47.4 Å². The number of nitrogens with one attached hydrogen (secondary N) is 3. The quantitative estimate of drug-likeness (QED) is 0.595. The van der Waals surface area contributed by atoms with Crippen molar-refractivity contribution in [1.82, 2.24) is 10.2 Å². The third-order valence-corrected chi connectivity index (χ3v) is 4.99. The number of nitrogens with zero attached hydrogens (tertiary/aromatic N) is 1. The van der Waals surface area contributed by atoms with Gasteiger partial charge in [-0.05, 0) is 63.1 Å². The lowest BCUT2D eigenvalue weighted by Crippen LogP contribution is -2.30. The SMILES string of the molecule is CCN(CC)C(=O)c1ccc(NC(=O)CNc2ccccc2C(=O)NC2CC2)cc1. The van der Waals surface area contributed by atoms with Gasteiger partial charge in [-0.1, -0.05) is 12.1 Å². The first-order chi connectivity index (χ1) is 14.5. The molecule has 0 aromatic heterocycles. The summed E-state index contributed by atoms with van der Waals surface area (Å²) in [6, 6.07) is 14.3. The van der Waals surface area contributed by atoms with Crippen molar-refractivity contribution in [1.29, 1.82) is 0 Å². The Morgan fingerprint density at radius 2 is 1.63 bits per heavy atom. The summed E-state index contributed by atoms with van der Waals surface area (Å²) in [5.74, 6) is -0.398. The van der Waals surface area contributed by atoms with E-state index in [1.54, 1.807) is 47.4 Å². The van der Waals surface area contributed by atoms with Crippen molar-refractivity contribution >= 4 is 29.1 Å². The van der Waals surface area contributed by atoms with Gasteiger partial charge in [0.25, 0.3) is 11.8 Å². The fourth-order valence-electron chi connectivity index (χ4n) is 3.10. The average Bonchev–Trinajstić information content (AvgIpc) is 3.57. The van der Waals surface area contributed by atoms with Crippen LogP contribution in [0.15, 0.2) is 48.5 Å². The van der Waals surface area contributed by atoms with Gasteiger partial charge in [-0.15, -0.1) is 0 Å². The minimum Gasteiger partial charge on any atom is -0.376 e. The lowest BCUT2D eigenvalue weighted by Gasteiger charge is -2.18. The summed E-state index contributed by atoms with van der Waals surface area (Å²) in [5, 5.41) is 8.79. The zero-order chi connectivity index (χ0) is 21.5. The number of amides is 3. The third-order valence-electron chi connectivity index (χ3n) is 4.99. The van der Waals surface area contributed by atoms with E-state index < -0.39 is 0 Å². The summed E-state index contributed by atoms with van der Waals surface area (Å²) in [5.41, 5.74) is 2.34. The lowest BCUT2D eigenvalue weighted by atomic mass is 10.1. The van der Waals surface area contributed by atoms with Crippen molar-refractivity contribution in [2.24, 2.45) is 0 Å². The number of anilines is 2. The van der Waals surface area contributed by atoms with Crippen LogP contribution in [0.4, 0.5) is 11.4 Å². The molecule has 0 radical (unpaired) electrons. The maximum Gasteiger partial charge on any atom is 0.253 e. The van der Waals surface area contributed by atoms with Crippen molar-refractivity contribution < 1.29 is 14.4 Å². The van der Waals surface area contributed by atoms with E-state index in [2.05, 4.69) is 16.0 Å². The van der Waals surface area contributed by atoms with Crippen LogP contribution in [0.3, 0.4) is 0 Å². The third kappa shape index (κ3) is 5.59. The second-order valence-corrected chi connectivity index (χ2v) is 7.25. The predicted octanol–water partition coefficient (Wildman–Crippen LogP) is 3.11. The van der Waals surface area contributed by atoms with Gasteiger partial charge in [0.15, 0.2) is 0 Å². The summed E-state index contributed by atoms with van der Waals surface area (Å²) in [6.07, 6.45) is 2.03. The van der Waals surface area contributed by atoms with Crippen molar-refractivity contribution in [3.63, 3.8) is 0 Å². The predicted molar refractivity (Wildman–Crippen MR) is 118 cm³/mol. The van der Waals surface area contributed by atoms with E-state index in [1.165, 1.54) is 0 Å². The molecule has 0 heterocycles. The van der Waals surface area contributed by atoms with E-state index in [9.17, 15) is 14.4 Å². The monoisotopic (exact) mass is 408 g/mol. The Kier molecular flexibility index (Phi) is 7.06. The summed E-state index contributed by atoms with van der Waals surface area (Å²) in [4.78, 5) is 38.8. The van der Waals surface area contributed by atoms with Gasteiger partial charge in [-0.3, -0.25) is 14.4 Å². The van der Waals surface area contributed by atoms with Crippen LogP contribution >= 0.6 is 0 Å². The molecule has 0 spiro atoms. The molecule has 3 amide bonds. The molecule has 3 rings (SSSR count). The van der Waals surface area contributed by atoms with Crippen LogP contribution in [0.5, 0.6) is 0 Å². The van der Waals surface area contributed by atoms with Crippen molar-refractivity contribution in [2.75, 3.05) is 30.3 Å². The number of rotatable bonds is 9. The van der Waals surface area contributed by atoms with Crippen LogP contribution < -0.4 is 16.0 Å². The maximum absolute atomic E-state index is 12.4. The smallest absolute Gasteiger partial charge is 0.253 e. The normalized spacial score (nSPS) is 12.7. The molecule has 3 N–H and O–H groups in total. The highest BCUT2D eigenvalue weighted by Gasteiger charge is 2.24. The van der Waals surface area contributed by atoms with Crippen LogP contribution in [0.25, 0.3) is 0 Å². The summed E-state index contributed by atoms with van der Waals surface area (Å²) in [7, 11) is 0. The van der Waals surface area contributed by atoms with Gasteiger partial charge in [0.1, 0.15) is 0 Å². The van der Waals surface area contributed by atoms with Gasteiger partial charge in [-0.25, -0.2) is 0 Å². The number of hydrogen-bond acceptors (Lipinski definition) is 4. The zero-order valence-corrected chi connectivity index (χ0v) is 17.4.